The second-order valence-corrected chi connectivity index (χ2v) is 3.89. The van der Waals surface area contributed by atoms with Gasteiger partial charge in [0, 0.05) is 11.6 Å². The molecule has 1 aliphatic carbocycles. The molecule has 0 amide bonds. The minimum absolute atomic E-state index is 0.164. The minimum Gasteiger partial charge on any atom is -0.211 e. The molecule has 78 valence electrons. The zero-order valence-corrected chi connectivity index (χ0v) is 8.31. The largest absolute Gasteiger partial charge is 0.235 e. The van der Waals surface area contributed by atoms with Gasteiger partial charge >= 0.3 is 0 Å². The third-order valence-corrected chi connectivity index (χ3v) is 2.78. The van der Waals surface area contributed by atoms with Gasteiger partial charge in [0.1, 0.15) is 17.2 Å². The van der Waals surface area contributed by atoms with E-state index >= 15 is 0 Å². The van der Waals surface area contributed by atoms with Gasteiger partial charge in [0.15, 0.2) is 0 Å². The van der Waals surface area contributed by atoms with E-state index in [-0.39, 0.29) is 10.6 Å². The van der Waals surface area contributed by atoms with Crippen molar-refractivity contribution in [2.75, 3.05) is 0 Å². The highest BCUT2D eigenvalue weighted by atomic mass is 35.5. The van der Waals surface area contributed by atoms with E-state index < -0.39 is 17.2 Å². The molecule has 1 saturated carbocycles. The maximum atomic E-state index is 13.4. The number of hydrogen-bond acceptors (Lipinski definition) is 2. The van der Waals surface area contributed by atoms with Crippen LogP contribution in [0.4, 0.5) is 8.78 Å². The molecule has 0 aromatic heterocycles. The maximum absolute atomic E-state index is 13.4. The predicted octanol–water partition coefficient (Wildman–Crippen LogP) is 2.94. The smallest absolute Gasteiger partial charge is 0.211 e. The molecule has 0 atom stereocenters. The van der Waals surface area contributed by atoms with Crippen molar-refractivity contribution < 1.29 is 13.6 Å². The second-order valence-electron chi connectivity index (χ2n) is 3.48. The molecule has 0 heterocycles. The number of nitrogens with zero attached hydrogens (tertiary/aromatic N) is 1. The molecule has 0 unspecified atom stereocenters. The molecule has 0 aliphatic heterocycles. The molecule has 1 aromatic carbocycles. The van der Waals surface area contributed by atoms with Gasteiger partial charge in [-0.25, -0.2) is 13.6 Å². The average molecular weight is 230 g/mol. The van der Waals surface area contributed by atoms with Crippen molar-refractivity contribution in [3.8, 4) is 0 Å². The zero-order chi connectivity index (χ0) is 11.1. The Labute approximate surface area is 89.6 Å². The number of benzene rings is 1. The molecule has 0 spiro atoms. The van der Waals surface area contributed by atoms with Gasteiger partial charge < -0.3 is 0 Å². The second kappa shape index (κ2) is 3.40. The van der Waals surface area contributed by atoms with Crippen LogP contribution in [0.5, 0.6) is 0 Å². The number of aliphatic imine (C=N–C) groups is 1. The van der Waals surface area contributed by atoms with Gasteiger partial charge in [0.05, 0.1) is 5.02 Å². The first-order chi connectivity index (χ1) is 7.09. The molecular formula is C10H6ClF2NO. The first-order valence-corrected chi connectivity index (χ1v) is 4.71. The van der Waals surface area contributed by atoms with E-state index in [1.165, 1.54) is 12.1 Å². The van der Waals surface area contributed by atoms with E-state index in [0.717, 1.165) is 0 Å². The lowest BCUT2D eigenvalue weighted by atomic mass is 10.0. The molecule has 2 rings (SSSR count). The number of hydrogen-bond donors (Lipinski definition) is 0. The maximum Gasteiger partial charge on any atom is 0.235 e. The van der Waals surface area contributed by atoms with Crippen LogP contribution >= 0.6 is 11.6 Å². The Morgan fingerprint density at radius 3 is 2.53 bits per heavy atom. The minimum atomic E-state index is -0.858. The van der Waals surface area contributed by atoms with Crippen molar-refractivity contribution in [1.82, 2.24) is 0 Å². The first kappa shape index (κ1) is 10.3. The number of rotatable bonds is 2. The van der Waals surface area contributed by atoms with E-state index in [2.05, 4.69) is 4.99 Å². The van der Waals surface area contributed by atoms with Gasteiger partial charge in [-0.05, 0) is 18.9 Å². The molecule has 15 heavy (non-hydrogen) atoms. The van der Waals surface area contributed by atoms with Crippen LogP contribution in [-0.2, 0) is 10.3 Å². The summed E-state index contributed by atoms with van der Waals surface area (Å²) in [4.78, 5) is 13.7. The lowest BCUT2D eigenvalue weighted by Gasteiger charge is -2.10. The molecule has 0 bridgehead atoms. The van der Waals surface area contributed by atoms with Gasteiger partial charge in [0.25, 0.3) is 0 Å². The molecule has 2 nitrogen and oxygen atoms in total. The normalized spacial score (nSPS) is 17.0. The summed E-state index contributed by atoms with van der Waals surface area (Å²) in [5.41, 5.74) is -0.694. The fourth-order valence-corrected chi connectivity index (χ4v) is 1.69. The van der Waals surface area contributed by atoms with Crippen LogP contribution in [0, 0.1) is 11.6 Å². The van der Waals surface area contributed by atoms with Crippen molar-refractivity contribution in [3.05, 3.63) is 34.4 Å². The van der Waals surface area contributed by atoms with Crippen molar-refractivity contribution in [2.24, 2.45) is 4.99 Å². The third kappa shape index (κ3) is 1.66. The van der Waals surface area contributed by atoms with E-state index in [0.29, 0.717) is 18.9 Å². The van der Waals surface area contributed by atoms with Crippen LogP contribution in [-0.4, -0.2) is 6.08 Å². The van der Waals surface area contributed by atoms with Gasteiger partial charge in [-0.3, -0.25) is 0 Å². The number of halogens is 3. The van der Waals surface area contributed by atoms with Crippen molar-refractivity contribution in [3.63, 3.8) is 0 Å². The Morgan fingerprint density at radius 2 is 2.00 bits per heavy atom. The average Bonchev–Trinajstić information content (AvgIpc) is 2.93. The Kier molecular flexibility index (Phi) is 2.33. The third-order valence-electron chi connectivity index (χ3n) is 2.49. The summed E-state index contributed by atoms with van der Waals surface area (Å²) in [6.07, 6.45) is 2.52. The molecular weight excluding hydrogens is 224 g/mol. The Morgan fingerprint density at radius 1 is 1.33 bits per heavy atom. The first-order valence-electron chi connectivity index (χ1n) is 4.33. The van der Waals surface area contributed by atoms with Crippen LogP contribution in [0.25, 0.3) is 0 Å². The van der Waals surface area contributed by atoms with E-state index in [1.807, 2.05) is 0 Å². The molecule has 0 radical (unpaired) electrons. The van der Waals surface area contributed by atoms with E-state index in [9.17, 15) is 13.6 Å². The SMILES string of the molecule is O=C=NC1(c2cc(Cl)c(F)cc2F)CC1. The van der Waals surface area contributed by atoms with Crippen LogP contribution in [0.15, 0.2) is 17.1 Å². The molecule has 5 heteroatoms. The lowest BCUT2D eigenvalue weighted by molar-refractivity contribution is 0.540. The monoisotopic (exact) mass is 229 g/mol. The summed E-state index contributed by atoms with van der Waals surface area (Å²) in [7, 11) is 0. The van der Waals surface area contributed by atoms with Crippen molar-refractivity contribution in [1.29, 1.82) is 0 Å². The Bertz CT molecular complexity index is 465. The molecule has 1 aliphatic rings. The molecule has 1 aromatic rings. The summed E-state index contributed by atoms with van der Waals surface area (Å²) in [5.74, 6) is -1.54. The van der Waals surface area contributed by atoms with E-state index in [1.54, 1.807) is 0 Å². The lowest BCUT2D eigenvalue weighted by Crippen LogP contribution is -2.06. The number of carbonyl (C=O) groups excluding carboxylic acids is 1. The van der Waals surface area contributed by atoms with Gasteiger partial charge in [-0.1, -0.05) is 11.6 Å². The quantitative estimate of drug-likeness (QED) is 0.436. The highest BCUT2D eigenvalue weighted by Gasteiger charge is 2.47. The molecule has 0 saturated heterocycles. The van der Waals surface area contributed by atoms with Gasteiger partial charge in [0.2, 0.25) is 6.08 Å². The Hall–Kier alpha value is -1.25. The summed E-state index contributed by atoms with van der Waals surface area (Å²) < 4.78 is 26.3. The molecule has 0 N–H and O–H groups in total. The van der Waals surface area contributed by atoms with Crippen LogP contribution in [0.3, 0.4) is 0 Å². The zero-order valence-electron chi connectivity index (χ0n) is 7.56. The summed E-state index contributed by atoms with van der Waals surface area (Å²) >= 11 is 5.54. The summed E-state index contributed by atoms with van der Waals surface area (Å²) in [6, 6.07) is 1.89. The van der Waals surface area contributed by atoms with Crippen LogP contribution in [0.2, 0.25) is 5.02 Å². The summed E-state index contributed by atoms with van der Waals surface area (Å²) in [6.45, 7) is 0. The van der Waals surface area contributed by atoms with Crippen LogP contribution < -0.4 is 0 Å². The van der Waals surface area contributed by atoms with Crippen molar-refractivity contribution in [2.45, 2.75) is 18.4 Å². The van der Waals surface area contributed by atoms with Crippen molar-refractivity contribution >= 4 is 17.7 Å². The molecule has 1 fully saturated rings. The topological polar surface area (TPSA) is 29.4 Å². The highest BCUT2D eigenvalue weighted by molar-refractivity contribution is 6.30. The van der Waals surface area contributed by atoms with E-state index in [4.69, 9.17) is 11.6 Å². The standard InChI is InChI=1S/C10H6ClF2NO/c11-7-3-6(8(12)4-9(7)13)10(1-2-10)14-5-15/h3-4H,1-2H2. The van der Waals surface area contributed by atoms with Crippen LogP contribution in [0.1, 0.15) is 18.4 Å². The fraction of sp³-hybridized carbons (Fsp3) is 0.300. The van der Waals surface area contributed by atoms with Gasteiger partial charge in [-0.15, -0.1) is 0 Å². The predicted molar refractivity (Wildman–Crippen MR) is 50.4 cm³/mol. The summed E-state index contributed by atoms with van der Waals surface area (Å²) in [5, 5.41) is -0.168. The van der Waals surface area contributed by atoms with Gasteiger partial charge in [-0.2, -0.15) is 4.99 Å². The number of isocyanates is 1. The fourth-order valence-electron chi connectivity index (χ4n) is 1.53. The Balaban J connectivity index is 2.54. The highest BCUT2D eigenvalue weighted by Crippen LogP contribution is 2.50.